The van der Waals surface area contributed by atoms with Gasteiger partial charge in [-0.05, 0) is 15.9 Å². The molecule has 5 nitrogen and oxygen atoms in total. The van der Waals surface area contributed by atoms with E-state index in [1.807, 2.05) is 0 Å². The van der Waals surface area contributed by atoms with Gasteiger partial charge < -0.3 is 11.1 Å². The van der Waals surface area contributed by atoms with E-state index in [1.165, 1.54) is 0 Å². The van der Waals surface area contributed by atoms with Gasteiger partial charge in [-0.2, -0.15) is 0 Å². The lowest BCUT2D eigenvalue weighted by Gasteiger charge is -2.26. The minimum absolute atomic E-state index is 0. The first-order valence-corrected chi connectivity index (χ1v) is 4.73. The number of hydrogen-bond donors (Lipinski definition) is 3. The molecule has 2 rings (SSSR count). The van der Waals surface area contributed by atoms with E-state index in [0.29, 0.717) is 10.4 Å². The first-order chi connectivity index (χ1) is 6.18. The van der Waals surface area contributed by atoms with Gasteiger partial charge in [0, 0.05) is 19.0 Å². The summed E-state index contributed by atoms with van der Waals surface area (Å²) in [5.74, 6) is 0.481. The second kappa shape index (κ2) is 5.69. The number of nitrogens with zero attached hydrogens (tertiary/aromatic N) is 1. The number of halogens is 3. The summed E-state index contributed by atoms with van der Waals surface area (Å²) < 4.78 is 0.494. The van der Waals surface area contributed by atoms with Crippen LogP contribution in [0.4, 0.5) is 5.95 Å². The minimum atomic E-state index is -0.214. The Kier molecular flexibility index (Phi) is 5.58. The van der Waals surface area contributed by atoms with E-state index >= 15 is 0 Å². The van der Waals surface area contributed by atoms with Gasteiger partial charge in [0.05, 0.1) is 5.69 Å². The van der Waals surface area contributed by atoms with E-state index in [2.05, 4.69) is 31.2 Å². The Bertz CT molecular complexity index is 393. The summed E-state index contributed by atoms with van der Waals surface area (Å²) >= 11 is 3.20. The molecular weight excluding hydrogens is 307 g/mol. The van der Waals surface area contributed by atoms with Gasteiger partial charge in [-0.3, -0.25) is 9.78 Å². The molecule has 0 aromatic carbocycles. The van der Waals surface area contributed by atoms with Crippen molar-refractivity contribution in [3.8, 4) is 0 Å². The number of H-pyrrole nitrogens is 1. The maximum absolute atomic E-state index is 11.3. The van der Waals surface area contributed by atoms with Crippen molar-refractivity contribution in [2.45, 2.75) is 5.92 Å². The molecule has 0 unspecified atom stereocenters. The molecule has 4 N–H and O–H groups in total. The van der Waals surface area contributed by atoms with E-state index in [9.17, 15) is 4.79 Å². The normalized spacial score (nSPS) is 14.7. The Labute approximate surface area is 107 Å². The molecule has 0 amide bonds. The van der Waals surface area contributed by atoms with Crippen LogP contribution in [-0.2, 0) is 0 Å². The second-order valence-corrected chi connectivity index (χ2v) is 3.80. The van der Waals surface area contributed by atoms with Gasteiger partial charge in [0.15, 0.2) is 0 Å². The Morgan fingerprint density at radius 1 is 1.40 bits per heavy atom. The maximum Gasteiger partial charge on any atom is 0.266 e. The number of nitrogen functional groups attached to an aromatic ring is 1. The number of anilines is 1. The highest BCUT2D eigenvalue weighted by Crippen LogP contribution is 2.23. The Morgan fingerprint density at radius 3 is 2.47 bits per heavy atom. The van der Waals surface area contributed by atoms with Gasteiger partial charge in [-0.25, -0.2) is 4.98 Å². The van der Waals surface area contributed by atoms with Crippen LogP contribution in [0.1, 0.15) is 11.6 Å². The zero-order valence-corrected chi connectivity index (χ0v) is 10.8. The van der Waals surface area contributed by atoms with Crippen molar-refractivity contribution in [3.05, 3.63) is 20.5 Å². The van der Waals surface area contributed by atoms with E-state index in [1.54, 1.807) is 0 Å². The lowest BCUT2D eigenvalue weighted by atomic mass is 9.99. The highest BCUT2D eigenvalue weighted by molar-refractivity contribution is 9.10. The number of hydrogen-bond acceptors (Lipinski definition) is 4. The Morgan fingerprint density at radius 2 is 2.00 bits per heavy atom. The van der Waals surface area contributed by atoms with Crippen LogP contribution < -0.4 is 16.6 Å². The lowest BCUT2D eigenvalue weighted by Crippen LogP contribution is -2.41. The van der Waals surface area contributed by atoms with Crippen molar-refractivity contribution >= 4 is 46.7 Å². The molecule has 1 aliphatic heterocycles. The molecule has 0 aliphatic carbocycles. The Hall–Kier alpha value is -0.300. The molecule has 0 saturated carbocycles. The fourth-order valence-electron chi connectivity index (χ4n) is 1.25. The molecule has 15 heavy (non-hydrogen) atoms. The third-order valence-corrected chi connectivity index (χ3v) is 2.84. The van der Waals surface area contributed by atoms with E-state index in [-0.39, 0.29) is 36.3 Å². The highest BCUT2D eigenvalue weighted by Gasteiger charge is 2.24. The molecular formula is C7H11BrCl2N4O. The molecule has 1 aromatic heterocycles. The first-order valence-electron chi connectivity index (χ1n) is 3.94. The molecule has 8 heteroatoms. The van der Waals surface area contributed by atoms with Gasteiger partial charge in [0.1, 0.15) is 4.47 Å². The number of aromatic nitrogens is 2. The zero-order chi connectivity index (χ0) is 9.42. The summed E-state index contributed by atoms with van der Waals surface area (Å²) in [6.45, 7) is 1.71. The number of aromatic amines is 1. The molecule has 1 aliphatic rings. The standard InChI is InChI=1S/C7H9BrN4O.2ClH/c8-4-5(3-1-10-2-3)11-7(9)12-6(4)13;;/h3,10H,1-2H2,(H3,9,11,12,13);2*1H. The van der Waals surface area contributed by atoms with Crippen LogP contribution in [-0.4, -0.2) is 23.1 Å². The monoisotopic (exact) mass is 316 g/mol. The predicted molar refractivity (Wildman–Crippen MR) is 67.1 cm³/mol. The third kappa shape index (κ3) is 2.84. The molecule has 2 heterocycles. The van der Waals surface area contributed by atoms with E-state index < -0.39 is 0 Å². The maximum atomic E-state index is 11.3. The smallest absolute Gasteiger partial charge is 0.266 e. The lowest BCUT2D eigenvalue weighted by molar-refractivity contribution is 0.437. The molecule has 0 atom stereocenters. The van der Waals surface area contributed by atoms with Crippen LogP contribution in [0.25, 0.3) is 0 Å². The van der Waals surface area contributed by atoms with Crippen molar-refractivity contribution in [2.75, 3.05) is 18.8 Å². The molecule has 0 spiro atoms. The fraction of sp³-hybridized carbons (Fsp3) is 0.429. The largest absolute Gasteiger partial charge is 0.369 e. The summed E-state index contributed by atoms with van der Waals surface area (Å²) in [4.78, 5) is 17.8. The van der Waals surface area contributed by atoms with Crippen molar-refractivity contribution in [1.29, 1.82) is 0 Å². The average molecular weight is 318 g/mol. The van der Waals surface area contributed by atoms with Crippen LogP contribution in [0.5, 0.6) is 0 Å². The summed E-state index contributed by atoms with van der Waals surface area (Å²) in [7, 11) is 0. The summed E-state index contributed by atoms with van der Waals surface area (Å²) in [5, 5.41) is 3.11. The molecule has 1 fully saturated rings. The number of nitrogens with one attached hydrogen (secondary N) is 2. The van der Waals surface area contributed by atoms with Crippen LogP contribution in [0.2, 0.25) is 0 Å². The molecule has 1 aromatic rings. The molecule has 86 valence electrons. The number of rotatable bonds is 1. The number of nitrogens with two attached hydrogens (primary N) is 1. The zero-order valence-electron chi connectivity index (χ0n) is 7.62. The SMILES string of the molecule is Cl.Cl.Nc1nc(C2CNC2)c(Br)c(=O)[nH]1. The molecule has 0 radical (unpaired) electrons. The summed E-state index contributed by atoms with van der Waals surface area (Å²) in [6.07, 6.45) is 0. The van der Waals surface area contributed by atoms with Crippen LogP contribution >= 0.6 is 40.7 Å². The van der Waals surface area contributed by atoms with Crippen LogP contribution in [0.3, 0.4) is 0 Å². The summed E-state index contributed by atoms with van der Waals surface area (Å²) in [5.41, 5.74) is 5.97. The topological polar surface area (TPSA) is 83.8 Å². The molecule has 1 saturated heterocycles. The predicted octanol–water partition coefficient (Wildman–Crippen LogP) is 0.645. The van der Waals surface area contributed by atoms with Crippen molar-refractivity contribution in [1.82, 2.24) is 15.3 Å². The average Bonchev–Trinajstić information content (AvgIpc) is 1.95. The van der Waals surface area contributed by atoms with E-state index in [0.717, 1.165) is 18.8 Å². The van der Waals surface area contributed by atoms with Crippen molar-refractivity contribution in [3.63, 3.8) is 0 Å². The van der Waals surface area contributed by atoms with Crippen LogP contribution in [0, 0.1) is 0 Å². The quantitative estimate of drug-likeness (QED) is 0.710. The van der Waals surface area contributed by atoms with Crippen molar-refractivity contribution < 1.29 is 0 Å². The van der Waals surface area contributed by atoms with Gasteiger partial charge in [0.2, 0.25) is 5.95 Å². The van der Waals surface area contributed by atoms with Crippen molar-refractivity contribution in [2.24, 2.45) is 0 Å². The van der Waals surface area contributed by atoms with Gasteiger partial charge >= 0.3 is 0 Å². The molecule has 0 bridgehead atoms. The third-order valence-electron chi connectivity index (χ3n) is 2.07. The minimum Gasteiger partial charge on any atom is -0.369 e. The van der Waals surface area contributed by atoms with Crippen LogP contribution in [0.15, 0.2) is 9.27 Å². The fourth-order valence-corrected chi connectivity index (χ4v) is 1.76. The first kappa shape index (κ1) is 14.7. The van der Waals surface area contributed by atoms with Gasteiger partial charge in [-0.15, -0.1) is 24.8 Å². The summed E-state index contributed by atoms with van der Waals surface area (Å²) in [6, 6.07) is 0. The second-order valence-electron chi connectivity index (χ2n) is 3.01. The van der Waals surface area contributed by atoms with Gasteiger partial charge in [0.25, 0.3) is 5.56 Å². The van der Waals surface area contributed by atoms with E-state index in [4.69, 9.17) is 5.73 Å². The Balaban J connectivity index is 0.000000980. The van der Waals surface area contributed by atoms with Gasteiger partial charge in [-0.1, -0.05) is 0 Å². The highest BCUT2D eigenvalue weighted by atomic mass is 79.9.